The average molecular weight is 480 g/mol. The molecule has 2 amide bonds. The first-order chi connectivity index (χ1) is 16.6. The van der Waals surface area contributed by atoms with E-state index in [0.717, 1.165) is 40.4 Å². The normalized spacial score (nSPS) is 14.2. The quantitative estimate of drug-likeness (QED) is 0.352. The van der Waals surface area contributed by atoms with Gasteiger partial charge in [-0.1, -0.05) is 60.3 Å². The number of carbonyl (C=O) groups excluding carboxylic acids is 2. The van der Waals surface area contributed by atoms with E-state index >= 15 is 0 Å². The molecular formula is C25H29N5O3S. The van der Waals surface area contributed by atoms with Gasteiger partial charge in [-0.2, -0.15) is 0 Å². The Bertz CT molecular complexity index is 1120. The zero-order valence-corrected chi connectivity index (χ0v) is 19.9. The van der Waals surface area contributed by atoms with Crippen molar-refractivity contribution in [2.75, 3.05) is 38.6 Å². The number of primary amides is 1. The lowest BCUT2D eigenvalue weighted by molar-refractivity contribution is -0.129. The molecular weight excluding hydrogens is 450 g/mol. The molecule has 8 nitrogen and oxygen atoms in total. The molecule has 178 valence electrons. The zero-order chi connectivity index (χ0) is 23.8. The molecule has 1 fully saturated rings. The van der Waals surface area contributed by atoms with Gasteiger partial charge in [-0.3, -0.25) is 14.5 Å². The highest BCUT2D eigenvalue weighted by atomic mass is 32.2. The van der Waals surface area contributed by atoms with Crippen molar-refractivity contribution in [3.63, 3.8) is 0 Å². The predicted molar refractivity (Wildman–Crippen MR) is 132 cm³/mol. The molecule has 1 aromatic heterocycles. The second kappa shape index (κ2) is 11.9. The topological polar surface area (TPSA) is 102 Å². The second-order valence-electron chi connectivity index (χ2n) is 8.16. The number of rotatable bonds is 10. The fourth-order valence-corrected chi connectivity index (χ4v) is 4.74. The molecule has 1 aliphatic rings. The molecule has 0 unspecified atom stereocenters. The summed E-state index contributed by atoms with van der Waals surface area (Å²) in [7, 11) is 0. The molecule has 4 rings (SSSR count). The van der Waals surface area contributed by atoms with E-state index in [4.69, 9.17) is 20.4 Å². The smallest absolute Gasteiger partial charge is 0.233 e. The number of ether oxygens (including phenoxy) is 1. The molecule has 2 aromatic carbocycles. The maximum Gasteiger partial charge on any atom is 0.233 e. The summed E-state index contributed by atoms with van der Waals surface area (Å²) in [5, 5.41) is 1.72. The van der Waals surface area contributed by atoms with Gasteiger partial charge in [0.05, 0.1) is 31.0 Å². The highest BCUT2D eigenvalue weighted by molar-refractivity contribution is 8.00. The van der Waals surface area contributed by atoms with Crippen LogP contribution in [-0.4, -0.2) is 70.2 Å². The van der Waals surface area contributed by atoms with Crippen LogP contribution in [-0.2, 0) is 27.4 Å². The summed E-state index contributed by atoms with van der Waals surface area (Å²) >= 11 is 1.41. The minimum absolute atomic E-state index is 0.0625. The first-order valence-corrected chi connectivity index (χ1v) is 12.4. The molecule has 0 spiro atoms. The van der Waals surface area contributed by atoms with Crippen LogP contribution in [0.2, 0.25) is 0 Å². The molecule has 2 N–H and O–H groups in total. The van der Waals surface area contributed by atoms with Gasteiger partial charge in [0.1, 0.15) is 10.9 Å². The molecule has 3 aromatic rings. The number of hydrogen-bond acceptors (Lipinski definition) is 7. The van der Waals surface area contributed by atoms with E-state index in [1.54, 1.807) is 4.90 Å². The number of hydrogen-bond donors (Lipinski definition) is 1. The number of thioether (sulfide) groups is 1. The van der Waals surface area contributed by atoms with Crippen LogP contribution in [0.1, 0.15) is 17.8 Å². The van der Waals surface area contributed by atoms with E-state index in [-0.39, 0.29) is 24.6 Å². The number of carbonyl (C=O) groups is 2. The highest BCUT2D eigenvalue weighted by Gasteiger charge is 2.18. The summed E-state index contributed by atoms with van der Waals surface area (Å²) in [6.07, 6.45) is 0.128. The molecule has 0 atom stereocenters. The lowest BCUT2D eigenvalue weighted by Crippen LogP contribution is -2.36. The van der Waals surface area contributed by atoms with Gasteiger partial charge >= 0.3 is 0 Å². The highest BCUT2D eigenvalue weighted by Crippen LogP contribution is 2.26. The van der Waals surface area contributed by atoms with Crippen LogP contribution < -0.4 is 5.73 Å². The molecule has 1 saturated heterocycles. The SMILES string of the molecule is NC(=O)CCN(Cc1ccccc1)C(=O)CSc1nc(CN2CCOCC2)nc2ccccc12. The summed E-state index contributed by atoms with van der Waals surface area (Å²) in [5.74, 6) is 0.467. The molecule has 9 heteroatoms. The Morgan fingerprint density at radius 3 is 2.53 bits per heavy atom. The fourth-order valence-electron chi connectivity index (χ4n) is 3.80. The van der Waals surface area contributed by atoms with Gasteiger partial charge in [0.25, 0.3) is 0 Å². The van der Waals surface area contributed by atoms with Gasteiger partial charge in [0.15, 0.2) is 0 Å². The third-order valence-corrected chi connectivity index (χ3v) is 6.59. The minimum atomic E-state index is -0.423. The van der Waals surface area contributed by atoms with Crippen LogP contribution in [0.25, 0.3) is 10.9 Å². The van der Waals surface area contributed by atoms with Gasteiger partial charge in [-0.25, -0.2) is 9.97 Å². The Kier molecular flexibility index (Phi) is 8.46. The Hall–Kier alpha value is -3.01. The van der Waals surface area contributed by atoms with Crippen LogP contribution in [0.4, 0.5) is 0 Å². The number of morpholine rings is 1. The number of benzene rings is 2. The van der Waals surface area contributed by atoms with Crippen molar-refractivity contribution in [3.8, 4) is 0 Å². The van der Waals surface area contributed by atoms with Crippen molar-refractivity contribution in [2.45, 2.75) is 24.5 Å². The minimum Gasteiger partial charge on any atom is -0.379 e. The third-order valence-electron chi connectivity index (χ3n) is 5.61. The maximum absolute atomic E-state index is 13.2. The lowest BCUT2D eigenvalue weighted by atomic mass is 10.2. The molecule has 1 aliphatic heterocycles. The predicted octanol–water partition coefficient (Wildman–Crippen LogP) is 2.46. The summed E-state index contributed by atoms with van der Waals surface area (Å²) in [5.41, 5.74) is 7.22. The van der Waals surface area contributed by atoms with E-state index in [1.807, 2.05) is 54.6 Å². The van der Waals surface area contributed by atoms with E-state index in [1.165, 1.54) is 11.8 Å². The average Bonchev–Trinajstić information content (AvgIpc) is 2.86. The molecule has 0 radical (unpaired) electrons. The van der Waals surface area contributed by atoms with E-state index in [0.29, 0.717) is 26.3 Å². The zero-order valence-electron chi connectivity index (χ0n) is 19.1. The number of nitrogens with two attached hydrogens (primary N) is 1. The van der Waals surface area contributed by atoms with Gasteiger partial charge in [0.2, 0.25) is 11.8 Å². The Labute approximate surface area is 203 Å². The van der Waals surface area contributed by atoms with Crippen molar-refractivity contribution in [1.82, 2.24) is 19.8 Å². The second-order valence-corrected chi connectivity index (χ2v) is 9.12. The van der Waals surface area contributed by atoms with E-state index in [9.17, 15) is 9.59 Å². The molecule has 0 aliphatic carbocycles. The summed E-state index contributed by atoms with van der Waals surface area (Å²) in [6, 6.07) is 17.6. The Morgan fingerprint density at radius 2 is 1.76 bits per heavy atom. The van der Waals surface area contributed by atoms with E-state index < -0.39 is 5.91 Å². The molecule has 0 saturated carbocycles. The maximum atomic E-state index is 13.2. The first-order valence-electron chi connectivity index (χ1n) is 11.4. The fraction of sp³-hybridized carbons (Fsp3) is 0.360. The number of nitrogens with zero attached hydrogens (tertiary/aromatic N) is 4. The van der Waals surface area contributed by atoms with Crippen molar-refractivity contribution >= 4 is 34.5 Å². The first kappa shape index (κ1) is 24.1. The number of amides is 2. The molecule has 0 bridgehead atoms. The standard InChI is InChI=1S/C25H29N5O3S/c26-22(31)10-11-30(16-19-6-2-1-3-7-19)24(32)18-34-25-20-8-4-5-9-21(20)27-23(28-25)17-29-12-14-33-15-13-29/h1-9H,10-18H2,(H2,26,31). The van der Waals surface area contributed by atoms with E-state index in [2.05, 4.69) is 4.90 Å². The Morgan fingerprint density at radius 1 is 1.03 bits per heavy atom. The van der Waals surface area contributed by atoms with Crippen LogP contribution in [0, 0.1) is 0 Å². The summed E-state index contributed by atoms with van der Waals surface area (Å²) < 4.78 is 5.44. The van der Waals surface area contributed by atoms with Gasteiger partial charge in [0, 0.05) is 38.0 Å². The van der Waals surface area contributed by atoms with Crippen molar-refractivity contribution < 1.29 is 14.3 Å². The molecule has 34 heavy (non-hydrogen) atoms. The third kappa shape index (κ3) is 6.75. The van der Waals surface area contributed by atoms with Crippen molar-refractivity contribution in [1.29, 1.82) is 0 Å². The number of aromatic nitrogens is 2. The Balaban J connectivity index is 1.49. The van der Waals surface area contributed by atoms with Gasteiger partial charge in [-0.15, -0.1) is 0 Å². The number of fused-ring (bicyclic) bond motifs is 1. The monoisotopic (exact) mass is 479 g/mol. The van der Waals surface area contributed by atoms with Crippen LogP contribution in [0.5, 0.6) is 0 Å². The summed E-state index contributed by atoms with van der Waals surface area (Å²) in [4.78, 5) is 38.0. The lowest BCUT2D eigenvalue weighted by Gasteiger charge is -2.26. The van der Waals surface area contributed by atoms with Crippen LogP contribution in [0.3, 0.4) is 0 Å². The van der Waals surface area contributed by atoms with Gasteiger partial charge in [-0.05, 0) is 11.6 Å². The van der Waals surface area contributed by atoms with Crippen LogP contribution in [0.15, 0.2) is 59.6 Å². The van der Waals surface area contributed by atoms with Gasteiger partial charge < -0.3 is 15.4 Å². The molecule has 2 heterocycles. The summed E-state index contributed by atoms with van der Waals surface area (Å²) in [6.45, 7) is 4.50. The van der Waals surface area contributed by atoms with Crippen LogP contribution >= 0.6 is 11.8 Å². The van der Waals surface area contributed by atoms with Crippen molar-refractivity contribution in [3.05, 3.63) is 66.0 Å². The van der Waals surface area contributed by atoms with Crippen molar-refractivity contribution in [2.24, 2.45) is 5.73 Å². The number of para-hydroxylation sites is 1. The largest absolute Gasteiger partial charge is 0.379 e.